The van der Waals surface area contributed by atoms with Crippen molar-refractivity contribution in [2.24, 2.45) is 0 Å². The average molecular weight is 432 g/mol. The molecule has 30 heavy (non-hydrogen) atoms. The molecule has 11 heteroatoms. The lowest BCUT2D eigenvalue weighted by Gasteiger charge is -2.23. The van der Waals surface area contributed by atoms with Gasteiger partial charge in [0.2, 0.25) is 5.91 Å². The second-order valence-corrected chi connectivity index (χ2v) is 7.25. The summed E-state index contributed by atoms with van der Waals surface area (Å²) in [7, 11) is 2.36. The van der Waals surface area contributed by atoms with Gasteiger partial charge in [-0.05, 0) is 40.5 Å². The topological polar surface area (TPSA) is 146 Å². The number of methoxy groups -OCH3 is 2. The Morgan fingerprint density at radius 2 is 1.40 bits per heavy atom. The van der Waals surface area contributed by atoms with Crippen molar-refractivity contribution < 1.29 is 42.9 Å². The van der Waals surface area contributed by atoms with E-state index >= 15 is 0 Å². The van der Waals surface area contributed by atoms with Gasteiger partial charge in [-0.2, -0.15) is 0 Å². The number of carbonyl (C=O) groups excluding carboxylic acids is 5. The summed E-state index contributed by atoms with van der Waals surface area (Å²) >= 11 is 0. The molecule has 0 rings (SSSR count). The first kappa shape index (κ1) is 27.1. The van der Waals surface area contributed by atoms with Crippen molar-refractivity contribution in [3.63, 3.8) is 0 Å². The minimum absolute atomic E-state index is 0.0114. The molecule has 11 nitrogen and oxygen atoms in total. The molecule has 0 aliphatic carbocycles. The molecule has 0 bridgehead atoms. The summed E-state index contributed by atoms with van der Waals surface area (Å²) in [5.41, 5.74) is -0.770. The van der Waals surface area contributed by atoms with E-state index in [-0.39, 0.29) is 32.3 Å². The van der Waals surface area contributed by atoms with Gasteiger partial charge in [0, 0.05) is 12.8 Å². The standard InChI is InChI=1S/C19H32N2O9/c1-7-29-17(25)13(21-18(26)30-19(2,3)4)8-10-14(22)20-12(16(24)28-6)9-11-15(23)27-5/h12-13H,7-11H2,1-6H3,(H,20,22)(H,21,26). The van der Waals surface area contributed by atoms with E-state index in [0.717, 1.165) is 7.11 Å². The van der Waals surface area contributed by atoms with E-state index in [1.807, 2.05) is 0 Å². The van der Waals surface area contributed by atoms with Gasteiger partial charge in [-0.15, -0.1) is 0 Å². The molecule has 2 atom stereocenters. The number of carbonyl (C=O) groups is 5. The number of nitrogens with one attached hydrogen (secondary N) is 2. The summed E-state index contributed by atoms with van der Waals surface area (Å²) in [6.07, 6.45) is -1.23. The molecular weight excluding hydrogens is 400 g/mol. The number of amides is 2. The summed E-state index contributed by atoms with van der Waals surface area (Å²) in [5, 5.41) is 4.83. The number of hydrogen-bond acceptors (Lipinski definition) is 9. The molecule has 0 heterocycles. The average Bonchev–Trinajstić information content (AvgIpc) is 2.65. The second-order valence-electron chi connectivity index (χ2n) is 7.25. The molecule has 2 N–H and O–H groups in total. The molecule has 0 aliphatic heterocycles. The van der Waals surface area contributed by atoms with Crippen molar-refractivity contribution in [3.8, 4) is 0 Å². The number of hydrogen-bond donors (Lipinski definition) is 2. The minimum atomic E-state index is -1.11. The third-order valence-electron chi connectivity index (χ3n) is 3.61. The molecule has 0 aromatic heterocycles. The Kier molecular flexibility index (Phi) is 12.1. The maximum atomic E-state index is 12.3. The van der Waals surface area contributed by atoms with Crippen molar-refractivity contribution in [3.05, 3.63) is 0 Å². The Hall–Kier alpha value is -2.85. The zero-order valence-corrected chi connectivity index (χ0v) is 18.4. The lowest BCUT2D eigenvalue weighted by atomic mass is 10.1. The monoisotopic (exact) mass is 432 g/mol. The highest BCUT2D eigenvalue weighted by Gasteiger charge is 2.27. The summed E-state index contributed by atoms with van der Waals surface area (Å²) in [6, 6.07) is -2.17. The molecule has 0 radical (unpaired) electrons. The van der Waals surface area contributed by atoms with E-state index < -0.39 is 47.6 Å². The van der Waals surface area contributed by atoms with Gasteiger partial charge >= 0.3 is 24.0 Å². The fourth-order valence-electron chi connectivity index (χ4n) is 2.24. The third-order valence-corrected chi connectivity index (χ3v) is 3.61. The molecule has 172 valence electrons. The van der Waals surface area contributed by atoms with Crippen LogP contribution in [0, 0.1) is 0 Å². The Labute approximate surface area is 176 Å². The SMILES string of the molecule is CCOC(=O)C(CCC(=O)NC(CCC(=O)OC)C(=O)OC)NC(=O)OC(C)(C)C. The van der Waals surface area contributed by atoms with Crippen molar-refractivity contribution in [1.82, 2.24) is 10.6 Å². The summed E-state index contributed by atoms with van der Waals surface area (Å²) in [4.78, 5) is 59.4. The maximum absolute atomic E-state index is 12.3. The van der Waals surface area contributed by atoms with E-state index in [1.54, 1.807) is 27.7 Å². The van der Waals surface area contributed by atoms with Crippen molar-refractivity contribution >= 4 is 29.9 Å². The fraction of sp³-hybridized carbons (Fsp3) is 0.737. The first-order valence-corrected chi connectivity index (χ1v) is 9.53. The van der Waals surface area contributed by atoms with Gasteiger partial charge < -0.3 is 29.6 Å². The van der Waals surface area contributed by atoms with Crippen LogP contribution in [0.15, 0.2) is 0 Å². The fourth-order valence-corrected chi connectivity index (χ4v) is 2.24. The quantitative estimate of drug-likeness (QED) is 0.358. The van der Waals surface area contributed by atoms with Crippen LogP contribution < -0.4 is 10.6 Å². The number of esters is 3. The zero-order chi connectivity index (χ0) is 23.3. The molecule has 2 unspecified atom stereocenters. The predicted octanol–water partition coefficient (Wildman–Crippen LogP) is 0.834. The number of alkyl carbamates (subject to hydrolysis) is 1. The van der Waals surface area contributed by atoms with Crippen LogP contribution in [0.4, 0.5) is 4.79 Å². The smallest absolute Gasteiger partial charge is 0.408 e. The first-order valence-electron chi connectivity index (χ1n) is 9.53. The highest BCUT2D eigenvalue weighted by Crippen LogP contribution is 2.09. The number of ether oxygens (including phenoxy) is 4. The Morgan fingerprint density at radius 3 is 1.90 bits per heavy atom. The largest absolute Gasteiger partial charge is 0.469 e. The van der Waals surface area contributed by atoms with Crippen LogP contribution in [0.1, 0.15) is 53.4 Å². The van der Waals surface area contributed by atoms with Crippen LogP contribution in [-0.4, -0.2) is 68.4 Å². The molecule has 0 saturated carbocycles. The van der Waals surface area contributed by atoms with Gasteiger partial charge in [0.15, 0.2) is 0 Å². The van der Waals surface area contributed by atoms with Crippen LogP contribution in [0.3, 0.4) is 0 Å². The molecule has 2 amide bonds. The molecule has 0 aliphatic rings. The molecule has 0 aromatic rings. The number of rotatable bonds is 11. The van der Waals surface area contributed by atoms with Gasteiger partial charge in [-0.1, -0.05) is 0 Å². The lowest BCUT2D eigenvalue weighted by molar-refractivity contribution is -0.148. The van der Waals surface area contributed by atoms with Crippen LogP contribution in [0.5, 0.6) is 0 Å². The van der Waals surface area contributed by atoms with Crippen molar-refractivity contribution in [2.45, 2.75) is 71.1 Å². The summed E-state index contributed by atoms with van der Waals surface area (Å²) in [6.45, 7) is 6.70. The van der Waals surface area contributed by atoms with Crippen molar-refractivity contribution in [1.29, 1.82) is 0 Å². The van der Waals surface area contributed by atoms with Crippen LogP contribution in [0.2, 0.25) is 0 Å². The van der Waals surface area contributed by atoms with Gasteiger partial charge in [0.25, 0.3) is 0 Å². The van der Waals surface area contributed by atoms with Crippen LogP contribution in [0.25, 0.3) is 0 Å². The normalized spacial score (nSPS) is 12.7. The van der Waals surface area contributed by atoms with Gasteiger partial charge in [0.05, 0.1) is 20.8 Å². The molecule has 0 fully saturated rings. The second kappa shape index (κ2) is 13.4. The van der Waals surface area contributed by atoms with Gasteiger partial charge in [-0.25, -0.2) is 14.4 Å². The van der Waals surface area contributed by atoms with E-state index in [2.05, 4.69) is 20.1 Å². The first-order chi connectivity index (χ1) is 13.9. The predicted molar refractivity (Wildman–Crippen MR) is 104 cm³/mol. The molecular formula is C19H32N2O9. The Morgan fingerprint density at radius 1 is 0.833 bits per heavy atom. The molecule has 0 aromatic carbocycles. The van der Waals surface area contributed by atoms with Crippen LogP contribution >= 0.6 is 0 Å². The lowest BCUT2D eigenvalue weighted by Crippen LogP contribution is -2.46. The summed E-state index contributed by atoms with van der Waals surface area (Å²) < 4.78 is 19.2. The minimum Gasteiger partial charge on any atom is -0.469 e. The van der Waals surface area contributed by atoms with Gasteiger partial charge in [-0.3, -0.25) is 9.59 Å². The van der Waals surface area contributed by atoms with E-state index in [0.29, 0.717) is 0 Å². The third kappa shape index (κ3) is 11.9. The van der Waals surface area contributed by atoms with Gasteiger partial charge in [0.1, 0.15) is 17.7 Å². The Bertz CT molecular complexity index is 614. The maximum Gasteiger partial charge on any atom is 0.408 e. The van der Waals surface area contributed by atoms with Crippen LogP contribution in [-0.2, 0) is 38.1 Å². The van der Waals surface area contributed by atoms with E-state index in [9.17, 15) is 24.0 Å². The van der Waals surface area contributed by atoms with Crippen molar-refractivity contribution in [2.75, 3.05) is 20.8 Å². The zero-order valence-electron chi connectivity index (χ0n) is 18.4. The van der Waals surface area contributed by atoms with E-state index in [4.69, 9.17) is 9.47 Å². The highest BCUT2D eigenvalue weighted by atomic mass is 16.6. The highest BCUT2D eigenvalue weighted by molar-refractivity contribution is 5.86. The summed E-state index contributed by atoms with van der Waals surface area (Å²) in [5.74, 6) is -2.55. The molecule has 0 saturated heterocycles. The molecule has 0 spiro atoms. The Balaban J connectivity index is 4.93. The van der Waals surface area contributed by atoms with E-state index in [1.165, 1.54) is 7.11 Å².